The molecule has 7 nitrogen and oxygen atoms in total. The van der Waals surface area contributed by atoms with E-state index in [1.807, 2.05) is 0 Å². The minimum absolute atomic E-state index is 0.0448. The van der Waals surface area contributed by atoms with Gasteiger partial charge in [-0.2, -0.15) is 0 Å². The molecule has 0 saturated heterocycles. The van der Waals surface area contributed by atoms with Gasteiger partial charge in [0.15, 0.2) is 6.10 Å². The number of esters is 1. The largest absolute Gasteiger partial charge is 0.449 e. The maximum Gasteiger partial charge on any atom is 0.340 e. The van der Waals surface area contributed by atoms with Crippen LogP contribution in [0.15, 0.2) is 78.2 Å². The highest BCUT2D eigenvalue weighted by Gasteiger charge is 2.27. The minimum Gasteiger partial charge on any atom is -0.449 e. The van der Waals surface area contributed by atoms with Crippen LogP contribution in [0.4, 0.5) is 11.4 Å². The van der Waals surface area contributed by atoms with Gasteiger partial charge in [0.2, 0.25) is 0 Å². The van der Waals surface area contributed by atoms with Crippen LogP contribution in [0, 0.1) is 0 Å². The number of hydrogen-bond acceptors (Lipinski definition) is 5. The summed E-state index contributed by atoms with van der Waals surface area (Å²) in [6.45, 7) is 4.92. The second kappa shape index (κ2) is 12.2. The van der Waals surface area contributed by atoms with Crippen LogP contribution in [-0.4, -0.2) is 32.9 Å². The van der Waals surface area contributed by atoms with Crippen LogP contribution in [0.1, 0.15) is 17.3 Å². The molecule has 194 valence electrons. The van der Waals surface area contributed by atoms with E-state index < -0.39 is 28.0 Å². The SMILES string of the molecule is C=CCN(c1ccc(Cl)cc1)S(=O)(=O)c1ccc(Cl)c(C(=O)OC(C)C(=O)Nc2ccc(Cl)cc2Cl)c1. The van der Waals surface area contributed by atoms with Crippen molar-refractivity contribution in [1.29, 1.82) is 0 Å². The highest BCUT2D eigenvalue weighted by Crippen LogP contribution is 2.29. The minimum atomic E-state index is -4.15. The lowest BCUT2D eigenvalue weighted by Crippen LogP contribution is -2.32. The number of rotatable bonds is 9. The van der Waals surface area contributed by atoms with Crippen LogP contribution in [0.5, 0.6) is 0 Å². The van der Waals surface area contributed by atoms with Gasteiger partial charge in [0.1, 0.15) is 0 Å². The van der Waals surface area contributed by atoms with Gasteiger partial charge in [0.05, 0.1) is 38.4 Å². The number of anilines is 2. The molecule has 0 aliphatic heterocycles. The summed E-state index contributed by atoms with van der Waals surface area (Å²) in [6, 6.07) is 14.3. The number of halogens is 4. The van der Waals surface area contributed by atoms with Crippen LogP contribution in [-0.2, 0) is 19.6 Å². The highest BCUT2D eigenvalue weighted by atomic mass is 35.5. The fourth-order valence-corrected chi connectivity index (χ4v) is 5.36. The van der Waals surface area contributed by atoms with Gasteiger partial charge in [0.25, 0.3) is 15.9 Å². The molecule has 0 aliphatic carbocycles. The van der Waals surface area contributed by atoms with E-state index in [1.54, 1.807) is 24.3 Å². The first-order chi connectivity index (χ1) is 17.4. The third-order valence-electron chi connectivity index (χ3n) is 5.00. The smallest absolute Gasteiger partial charge is 0.340 e. The zero-order chi connectivity index (χ0) is 27.3. The molecule has 3 aromatic rings. The Hall–Kier alpha value is -2.75. The van der Waals surface area contributed by atoms with Crippen LogP contribution in [0.3, 0.4) is 0 Å². The predicted molar refractivity (Wildman–Crippen MR) is 148 cm³/mol. The fraction of sp³-hybridized carbons (Fsp3) is 0.120. The summed E-state index contributed by atoms with van der Waals surface area (Å²) in [4.78, 5) is 25.2. The van der Waals surface area contributed by atoms with Crippen LogP contribution >= 0.6 is 46.4 Å². The molecule has 0 bridgehead atoms. The zero-order valence-electron chi connectivity index (χ0n) is 19.3. The molecule has 0 saturated carbocycles. The van der Waals surface area contributed by atoms with Gasteiger partial charge < -0.3 is 10.1 Å². The number of ether oxygens (including phenoxy) is 1. The molecule has 0 spiro atoms. The van der Waals surface area contributed by atoms with Crippen molar-refractivity contribution in [2.75, 3.05) is 16.2 Å². The van der Waals surface area contributed by atoms with Crippen molar-refractivity contribution in [3.63, 3.8) is 0 Å². The third-order valence-corrected chi connectivity index (χ3v) is 7.92. The van der Waals surface area contributed by atoms with Crippen molar-refractivity contribution in [2.24, 2.45) is 0 Å². The number of nitrogens with one attached hydrogen (secondary N) is 1. The summed E-state index contributed by atoms with van der Waals surface area (Å²) < 4.78 is 33.2. The second-order valence-corrected chi connectivity index (χ2v) is 11.2. The summed E-state index contributed by atoms with van der Waals surface area (Å²) >= 11 is 24.0. The third kappa shape index (κ3) is 6.97. The first kappa shape index (κ1) is 28.8. The van der Waals surface area contributed by atoms with Gasteiger partial charge in [-0.05, 0) is 67.6 Å². The van der Waals surface area contributed by atoms with E-state index in [0.29, 0.717) is 15.7 Å². The molecule has 0 aromatic heterocycles. The molecule has 3 rings (SSSR count). The molecule has 1 N–H and O–H groups in total. The molecule has 1 atom stereocenters. The van der Waals surface area contributed by atoms with Crippen molar-refractivity contribution in [2.45, 2.75) is 17.9 Å². The van der Waals surface area contributed by atoms with Crippen LogP contribution < -0.4 is 9.62 Å². The maximum absolute atomic E-state index is 13.4. The Labute approximate surface area is 234 Å². The van der Waals surface area contributed by atoms with E-state index in [0.717, 1.165) is 10.4 Å². The Morgan fingerprint density at radius 3 is 2.24 bits per heavy atom. The standard InChI is InChI=1S/C25H20Cl4N2O5S/c1-3-12-31(18-7-4-16(26)5-8-18)37(34,35)19-9-10-21(28)20(14-19)25(33)36-15(2)24(32)30-23-11-6-17(27)13-22(23)29/h3-11,13-15H,1,12H2,2H3,(H,30,32). The normalized spacial score (nSPS) is 11.9. The highest BCUT2D eigenvalue weighted by molar-refractivity contribution is 7.92. The number of nitrogens with zero attached hydrogens (tertiary/aromatic N) is 1. The van der Waals surface area contributed by atoms with Gasteiger partial charge >= 0.3 is 5.97 Å². The van der Waals surface area contributed by atoms with E-state index in [1.165, 1.54) is 43.3 Å². The number of benzene rings is 3. The van der Waals surface area contributed by atoms with Crippen molar-refractivity contribution in [1.82, 2.24) is 0 Å². The molecule has 37 heavy (non-hydrogen) atoms. The van der Waals surface area contributed by atoms with E-state index in [4.69, 9.17) is 51.1 Å². The number of amides is 1. The summed E-state index contributed by atoms with van der Waals surface area (Å²) in [7, 11) is -4.15. The molecule has 1 unspecified atom stereocenters. The quantitative estimate of drug-likeness (QED) is 0.213. The first-order valence-corrected chi connectivity index (χ1v) is 13.5. The molecule has 1 amide bonds. The number of sulfonamides is 1. The van der Waals surface area contributed by atoms with Crippen molar-refractivity contribution in [3.05, 3.63) is 99.0 Å². The summed E-state index contributed by atoms with van der Waals surface area (Å²) in [5.41, 5.74) is 0.380. The summed E-state index contributed by atoms with van der Waals surface area (Å²) in [5, 5.41) is 3.50. The predicted octanol–water partition coefficient (Wildman–Crippen LogP) is 6.87. The lowest BCUT2D eigenvalue weighted by atomic mass is 10.2. The molecule has 3 aromatic carbocycles. The summed E-state index contributed by atoms with van der Waals surface area (Å²) in [5.74, 6) is -1.66. The lowest BCUT2D eigenvalue weighted by molar-refractivity contribution is -0.123. The van der Waals surface area contributed by atoms with Crippen molar-refractivity contribution in [3.8, 4) is 0 Å². The second-order valence-electron chi connectivity index (χ2n) is 7.60. The molecule has 0 heterocycles. The lowest BCUT2D eigenvalue weighted by Gasteiger charge is -2.23. The van der Waals surface area contributed by atoms with Crippen LogP contribution in [0.2, 0.25) is 20.1 Å². The number of carbonyl (C=O) groups is 2. The Bertz CT molecular complexity index is 1450. The van der Waals surface area contributed by atoms with E-state index in [2.05, 4.69) is 11.9 Å². The van der Waals surface area contributed by atoms with E-state index in [-0.39, 0.29) is 32.7 Å². The van der Waals surface area contributed by atoms with E-state index in [9.17, 15) is 18.0 Å². The average molecular weight is 602 g/mol. The molecule has 0 fully saturated rings. The number of carbonyl (C=O) groups excluding carboxylic acids is 2. The molecule has 12 heteroatoms. The Balaban J connectivity index is 1.84. The monoisotopic (exact) mass is 600 g/mol. The topological polar surface area (TPSA) is 92.8 Å². The van der Waals surface area contributed by atoms with Gasteiger partial charge in [0, 0.05) is 10.0 Å². The summed E-state index contributed by atoms with van der Waals surface area (Å²) in [6.07, 6.45) is 0.159. The van der Waals surface area contributed by atoms with Crippen molar-refractivity contribution < 1.29 is 22.7 Å². The van der Waals surface area contributed by atoms with Gasteiger partial charge in [-0.3, -0.25) is 9.10 Å². The first-order valence-electron chi connectivity index (χ1n) is 10.6. The average Bonchev–Trinajstić information content (AvgIpc) is 2.84. The number of hydrogen-bond donors (Lipinski definition) is 1. The van der Waals surface area contributed by atoms with Crippen LogP contribution in [0.25, 0.3) is 0 Å². The molecule has 0 radical (unpaired) electrons. The Morgan fingerprint density at radius 1 is 0.973 bits per heavy atom. The van der Waals surface area contributed by atoms with Gasteiger partial charge in [-0.1, -0.05) is 52.5 Å². The Morgan fingerprint density at radius 2 is 1.62 bits per heavy atom. The van der Waals surface area contributed by atoms with Crippen molar-refractivity contribution >= 4 is 79.7 Å². The van der Waals surface area contributed by atoms with Gasteiger partial charge in [-0.15, -0.1) is 6.58 Å². The zero-order valence-corrected chi connectivity index (χ0v) is 23.1. The molecular weight excluding hydrogens is 582 g/mol. The molecular formula is C25H20Cl4N2O5S. The fourth-order valence-electron chi connectivity index (χ4n) is 3.12. The molecule has 0 aliphatic rings. The van der Waals surface area contributed by atoms with Gasteiger partial charge in [-0.25, -0.2) is 13.2 Å². The van der Waals surface area contributed by atoms with E-state index >= 15 is 0 Å². The maximum atomic E-state index is 13.4. The Kier molecular flexibility index (Phi) is 9.50.